The zero-order valence-corrected chi connectivity index (χ0v) is 34.9. The molecule has 0 spiro atoms. The molecule has 1 amide bonds. The average molecular weight is 708 g/mol. The highest BCUT2D eigenvalue weighted by molar-refractivity contribution is 5.81. The Hall–Kier alpha value is -0.650. The summed E-state index contributed by atoms with van der Waals surface area (Å²) in [4.78, 5) is 12.6. The maximum absolute atomic E-state index is 12.6. The van der Waals surface area contributed by atoms with E-state index in [1.807, 2.05) is 0 Å². The summed E-state index contributed by atoms with van der Waals surface area (Å²) in [5, 5.41) is 3.17. The Balaban J connectivity index is 4.15. The van der Waals surface area contributed by atoms with Crippen molar-refractivity contribution in [2.75, 3.05) is 39.8 Å². The van der Waals surface area contributed by atoms with Gasteiger partial charge in [-0.3, -0.25) is 4.79 Å². The number of nitrogens with one attached hydrogen (secondary N) is 1. The van der Waals surface area contributed by atoms with Crippen LogP contribution in [0.25, 0.3) is 0 Å². The van der Waals surface area contributed by atoms with E-state index < -0.39 is 6.04 Å². The molecule has 5 nitrogen and oxygen atoms in total. The molecule has 0 heterocycles. The fraction of sp³-hybridized carbons (Fsp3) is 0.978. The molecule has 0 saturated carbocycles. The zero-order chi connectivity index (χ0) is 36.6. The van der Waals surface area contributed by atoms with Crippen molar-refractivity contribution in [2.24, 2.45) is 11.5 Å². The molecule has 0 rings (SSSR count). The Bertz CT molecular complexity index is 635. The summed E-state index contributed by atoms with van der Waals surface area (Å²) in [6.07, 6.45) is 47.9. The van der Waals surface area contributed by atoms with Crippen molar-refractivity contribution >= 4 is 5.91 Å². The second-order valence-corrected chi connectivity index (χ2v) is 16.6. The van der Waals surface area contributed by atoms with Gasteiger partial charge in [0.25, 0.3) is 0 Å². The van der Waals surface area contributed by atoms with Gasteiger partial charge < -0.3 is 21.3 Å². The number of carbonyl (C=O) groups excluding carboxylic acids is 1. The van der Waals surface area contributed by atoms with E-state index >= 15 is 0 Å². The lowest BCUT2D eigenvalue weighted by Crippen LogP contribution is -2.51. The number of hydrogen-bond donors (Lipinski definition) is 3. The van der Waals surface area contributed by atoms with Crippen LogP contribution >= 0.6 is 0 Å². The van der Waals surface area contributed by atoms with Gasteiger partial charge in [-0.05, 0) is 45.1 Å². The summed E-state index contributed by atoms with van der Waals surface area (Å²) in [6, 6.07) is -0.402. The van der Waals surface area contributed by atoms with Gasteiger partial charge in [0.05, 0.1) is 39.3 Å². The first-order valence-corrected chi connectivity index (χ1v) is 23.1. The van der Waals surface area contributed by atoms with E-state index in [9.17, 15) is 4.79 Å². The Labute approximate surface area is 315 Å². The third kappa shape index (κ3) is 35.7. The normalized spacial score (nSPS) is 12.5. The highest BCUT2D eigenvalue weighted by Crippen LogP contribution is 2.17. The van der Waals surface area contributed by atoms with Crippen molar-refractivity contribution in [1.29, 1.82) is 0 Å². The number of nitrogens with zero attached hydrogens (tertiary/aromatic N) is 1. The molecule has 0 fully saturated rings. The van der Waals surface area contributed by atoms with Crippen molar-refractivity contribution < 1.29 is 9.28 Å². The van der Waals surface area contributed by atoms with E-state index in [-0.39, 0.29) is 5.91 Å². The number of rotatable bonds is 42. The van der Waals surface area contributed by atoms with E-state index in [0.717, 1.165) is 36.8 Å². The Morgan fingerprint density at radius 2 is 0.760 bits per heavy atom. The molecular weight excluding hydrogens is 613 g/mol. The monoisotopic (exact) mass is 708 g/mol. The van der Waals surface area contributed by atoms with Gasteiger partial charge in [-0.1, -0.05) is 200 Å². The standard InChI is InChI=1S/C45H94N4O/c1-4-6-8-10-12-14-16-18-20-22-24-26-28-30-32-36-41-49(3,43-40-48-45(50)44(47)38-34-35-39-46)42-37-33-31-29-27-25-23-21-19-17-15-13-11-9-7-5-2/h44H,4-43,46-47H2,1-3H3/p+1/t44-/m0/s1. The molecule has 0 saturated heterocycles. The van der Waals surface area contributed by atoms with Crippen LogP contribution in [0, 0.1) is 0 Å². The fourth-order valence-corrected chi connectivity index (χ4v) is 7.64. The van der Waals surface area contributed by atoms with Gasteiger partial charge in [-0.2, -0.15) is 0 Å². The number of likely N-dealkylation sites (N-methyl/N-ethyl adjacent to an activating group) is 1. The molecule has 0 aromatic rings. The van der Waals surface area contributed by atoms with Crippen LogP contribution in [0.5, 0.6) is 0 Å². The maximum atomic E-state index is 12.6. The summed E-state index contributed by atoms with van der Waals surface area (Å²) in [7, 11) is 2.43. The molecule has 5 N–H and O–H groups in total. The van der Waals surface area contributed by atoms with Crippen LogP contribution in [0.3, 0.4) is 0 Å². The van der Waals surface area contributed by atoms with E-state index in [0.29, 0.717) is 6.54 Å². The second-order valence-electron chi connectivity index (χ2n) is 16.6. The maximum Gasteiger partial charge on any atom is 0.237 e. The first-order valence-electron chi connectivity index (χ1n) is 23.1. The molecule has 0 aliphatic carbocycles. The molecule has 50 heavy (non-hydrogen) atoms. The van der Waals surface area contributed by atoms with Gasteiger partial charge in [0.15, 0.2) is 0 Å². The highest BCUT2D eigenvalue weighted by Gasteiger charge is 2.22. The number of quaternary nitrogens is 1. The zero-order valence-electron chi connectivity index (χ0n) is 34.9. The van der Waals surface area contributed by atoms with E-state index in [2.05, 4.69) is 26.2 Å². The summed E-state index contributed by atoms with van der Waals surface area (Å²) in [5.41, 5.74) is 11.8. The molecule has 5 heteroatoms. The molecule has 0 aromatic carbocycles. The minimum Gasteiger partial charge on any atom is -0.349 e. The Kier molecular flexibility index (Phi) is 39.0. The lowest BCUT2D eigenvalue weighted by molar-refractivity contribution is -0.908. The topological polar surface area (TPSA) is 81.1 Å². The lowest BCUT2D eigenvalue weighted by atomic mass is 10.0. The fourth-order valence-electron chi connectivity index (χ4n) is 7.64. The third-order valence-electron chi connectivity index (χ3n) is 11.4. The molecule has 0 radical (unpaired) electrons. The summed E-state index contributed by atoms with van der Waals surface area (Å²) < 4.78 is 1.08. The predicted octanol–water partition coefficient (Wildman–Crippen LogP) is 12.5. The van der Waals surface area contributed by atoms with Crippen LogP contribution in [0.15, 0.2) is 0 Å². The summed E-state index contributed by atoms with van der Waals surface area (Å²) >= 11 is 0. The van der Waals surface area contributed by atoms with Gasteiger partial charge in [-0.25, -0.2) is 0 Å². The van der Waals surface area contributed by atoms with Crippen LogP contribution in [0.1, 0.15) is 239 Å². The SMILES string of the molecule is CCCCCCCCCCCCCCCCCC[N+](C)(CCCCCCCCCCCCCCCCCC)CCNC(=O)[C@@H](N)CCCCN. The molecule has 0 aromatic heterocycles. The number of nitrogens with two attached hydrogens (primary N) is 2. The molecule has 1 atom stereocenters. The molecular formula is C45H95N4O+. The highest BCUT2D eigenvalue weighted by atomic mass is 16.2. The number of hydrogen-bond acceptors (Lipinski definition) is 3. The van der Waals surface area contributed by atoms with Crippen LogP contribution in [0.4, 0.5) is 0 Å². The van der Waals surface area contributed by atoms with Crippen molar-refractivity contribution in [2.45, 2.75) is 245 Å². The number of carbonyl (C=O) groups is 1. The Morgan fingerprint density at radius 3 is 1.06 bits per heavy atom. The minimum absolute atomic E-state index is 0.0124. The summed E-state index contributed by atoms with van der Waals surface area (Å²) in [6.45, 7) is 9.48. The van der Waals surface area contributed by atoms with Crippen molar-refractivity contribution in [3.05, 3.63) is 0 Å². The first-order chi connectivity index (χ1) is 24.5. The van der Waals surface area contributed by atoms with Crippen molar-refractivity contribution in [1.82, 2.24) is 5.32 Å². The van der Waals surface area contributed by atoms with Crippen LogP contribution < -0.4 is 16.8 Å². The molecule has 300 valence electrons. The summed E-state index contributed by atoms with van der Waals surface area (Å²) in [5.74, 6) is 0.0124. The molecule has 0 aliphatic rings. The van der Waals surface area contributed by atoms with Crippen LogP contribution in [0.2, 0.25) is 0 Å². The third-order valence-corrected chi connectivity index (χ3v) is 11.4. The van der Waals surface area contributed by atoms with Gasteiger partial charge in [0, 0.05) is 0 Å². The number of unbranched alkanes of at least 4 members (excludes halogenated alkanes) is 31. The smallest absolute Gasteiger partial charge is 0.237 e. The van der Waals surface area contributed by atoms with E-state index in [4.69, 9.17) is 11.5 Å². The van der Waals surface area contributed by atoms with Gasteiger partial charge in [-0.15, -0.1) is 0 Å². The van der Waals surface area contributed by atoms with Gasteiger partial charge in [0.1, 0.15) is 0 Å². The molecule has 0 unspecified atom stereocenters. The Morgan fingerprint density at radius 1 is 0.460 bits per heavy atom. The predicted molar refractivity (Wildman–Crippen MR) is 224 cm³/mol. The van der Waals surface area contributed by atoms with Gasteiger partial charge >= 0.3 is 0 Å². The van der Waals surface area contributed by atoms with Crippen LogP contribution in [-0.4, -0.2) is 56.2 Å². The first kappa shape index (κ1) is 49.4. The largest absolute Gasteiger partial charge is 0.349 e. The second kappa shape index (κ2) is 39.6. The van der Waals surface area contributed by atoms with Crippen molar-refractivity contribution in [3.63, 3.8) is 0 Å². The lowest BCUT2D eigenvalue weighted by Gasteiger charge is -2.35. The number of amides is 1. The molecule has 0 bridgehead atoms. The quantitative estimate of drug-likeness (QED) is 0.0436. The van der Waals surface area contributed by atoms with E-state index in [1.54, 1.807) is 0 Å². The molecule has 0 aliphatic heterocycles. The van der Waals surface area contributed by atoms with Gasteiger partial charge in [0.2, 0.25) is 5.91 Å². The van der Waals surface area contributed by atoms with Crippen molar-refractivity contribution in [3.8, 4) is 0 Å². The minimum atomic E-state index is -0.402. The van der Waals surface area contributed by atoms with Crippen LogP contribution in [-0.2, 0) is 4.79 Å². The van der Waals surface area contributed by atoms with E-state index in [1.165, 1.54) is 219 Å². The average Bonchev–Trinajstić information content (AvgIpc) is 3.11.